The van der Waals surface area contributed by atoms with Gasteiger partial charge < -0.3 is 10.3 Å². The molecule has 0 saturated carbocycles. The van der Waals surface area contributed by atoms with Crippen LogP contribution >= 0.6 is 0 Å². The zero-order valence-electron chi connectivity index (χ0n) is 12.2. The molecule has 1 N–H and O–H groups in total. The zero-order valence-corrected chi connectivity index (χ0v) is 12.2. The van der Waals surface area contributed by atoms with Crippen LogP contribution in [0.25, 0.3) is 22.5 Å². The highest BCUT2D eigenvalue weighted by Gasteiger charge is 2.13. The van der Waals surface area contributed by atoms with Crippen LogP contribution in [0.15, 0.2) is 60.9 Å². The second-order valence-corrected chi connectivity index (χ2v) is 5.05. The van der Waals surface area contributed by atoms with Gasteiger partial charge in [-0.15, -0.1) is 0 Å². The molecule has 0 unspecified atom stereocenters. The van der Waals surface area contributed by atoms with Crippen molar-refractivity contribution in [3.8, 4) is 28.3 Å². The number of nitrogens with zero attached hydrogens (tertiary/aromatic N) is 2. The summed E-state index contributed by atoms with van der Waals surface area (Å²) in [4.78, 5) is 4.21. The largest absolute Gasteiger partial charge is 0.710 e. The number of aryl methyl sites for hydroxylation is 1. The number of aromatic hydroxyl groups is 1. The van der Waals surface area contributed by atoms with E-state index in [1.54, 1.807) is 18.2 Å². The summed E-state index contributed by atoms with van der Waals surface area (Å²) < 4.78 is 0.764. The number of rotatable bonds is 3. The molecule has 4 nitrogen and oxygen atoms in total. The van der Waals surface area contributed by atoms with E-state index in [0.717, 1.165) is 27.8 Å². The first-order valence-electron chi connectivity index (χ1n) is 7.16. The number of phenols is 1. The number of hydrogen-bond acceptors (Lipinski definition) is 3. The van der Waals surface area contributed by atoms with Gasteiger partial charge >= 0.3 is 0 Å². The second kappa shape index (κ2) is 5.85. The summed E-state index contributed by atoms with van der Waals surface area (Å²) in [5, 5.41) is 21.8. The first-order valence-corrected chi connectivity index (χ1v) is 7.16. The van der Waals surface area contributed by atoms with Gasteiger partial charge in [-0.05, 0) is 35.2 Å². The Kier molecular flexibility index (Phi) is 3.74. The summed E-state index contributed by atoms with van der Waals surface area (Å²) in [5.41, 5.74) is 3.85. The Morgan fingerprint density at radius 3 is 2.55 bits per heavy atom. The van der Waals surface area contributed by atoms with Crippen molar-refractivity contribution in [1.29, 1.82) is 0 Å². The van der Waals surface area contributed by atoms with Gasteiger partial charge in [0.2, 0.25) is 0 Å². The molecule has 22 heavy (non-hydrogen) atoms. The predicted octanol–water partition coefficient (Wildman–Crippen LogP) is 3.32. The van der Waals surface area contributed by atoms with Gasteiger partial charge in [0.25, 0.3) is 6.33 Å². The monoisotopic (exact) mass is 292 g/mol. The quantitative estimate of drug-likeness (QED) is 0.595. The van der Waals surface area contributed by atoms with E-state index in [1.807, 2.05) is 43.3 Å². The van der Waals surface area contributed by atoms with E-state index in [1.165, 1.54) is 6.33 Å². The molecule has 1 heterocycles. The Morgan fingerprint density at radius 2 is 1.82 bits per heavy atom. The van der Waals surface area contributed by atoms with Crippen LogP contribution in [0.2, 0.25) is 0 Å². The average Bonchev–Trinajstić information content (AvgIpc) is 2.57. The molecule has 110 valence electrons. The van der Waals surface area contributed by atoms with Gasteiger partial charge in [0.05, 0.1) is 0 Å². The predicted molar refractivity (Wildman–Crippen MR) is 85.1 cm³/mol. The lowest BCUT2D eigenvalue weighted by Gasteiger charge is -2.09. The molecular formula is C18H16N2O2. The molecule has 1 aromatic heterocycles. The number of phenolic OH excluding ortho intramolecular Hbond substituents is 1. The lowest BCUT2D eigenvalue weighted by Crippen LogP contribution is -2.29. The molecule has 0 spiro atoms. The molecular weight excluding hydrogens is 276 g/mol. The molecule has 0 radical (unpaired) electrons. The molecule has 0 fully saturated rings. The van der Waals surface area contributed by atoms with E-state index in [0.29, 0.717) is 11.4 Å². The number of benzene rings is 2. The van der Waals surface area contributed by atoms with Gasteiger partial charge in [-0.3, -0.25) is 0 Å². The molecule has 0 amide bonds. The second-order valence-electron chi connectivity index (χ2n) is 5.05. The van der Waals surface area contributed by atoms with Crippen LogP contribution in [0.3, 0.4) is 0 Å². The third-order valence-electron chi connectivity index (χ3n) is 3.64. The molecule has 0 atom stereocenters. The first-order chi connectivity index (χ1) is 10.7. The van der Waals surface area contributed by atoms with Crippen LogP contribution in [-0.4, -0.2) is 10.1 Å². The number of hydrogen-bond donors (Lipinski definition) is 1. The van der Waals surface area contributed by atoms with Crippen molar-refractivity contribution in [3.05, 3.63) is 71.7 Å². The molecule has 4 heteroatoms. The Bertz CT molecular complexity index is 801. The Balaban J connectivity index is 2.10. The Morgan fingerprint density at radius 1 is 1.05 bits per heavy atom. The fraction of sp³-hybridized carbons (Fsp3) is 0.111. The lowest BCUT2D eigenvalue weighted by molar-refractivity contribution is -0.597. The maximum Gasteiger partial charge on any atom is 0.290 e. The summed E-state index contributed by atoms with van der Waals surface area (Å²) in [6.45, 7) is 1.98. The summed E-state index contributed by atoms with van der Waals surface area (Å²) >= 11 is 0. The minimum atomic E-state index is 0.282. The summed E-state index contributed by atoms with van der Waals surface area (Å²) in [6.07, 6.45) is 2.01. The van der Waals surface area contributed by atoms with Crippen molar-refractivity contribution in [2.75, 3.05) is 0 Å². The zero-order chi connectivity index (χ0) is 15.5. The highest BCUT2D eigenvalue weighted by molar-refractivity contribution is 5.67. The molecule has 3 aromatic rings. The van der Waals surface area contributed by atoms with Crippen LogP contribution in [0.1, 0.15) is 12.5 Å². The van der Waals surface area contributed by atoms with Crippen LogP contribution in [0, 0.1) is 5.21 Å². The Labute approximate surface area is 128 Å². The van der Waals surface area contributed by atoms with Crippen LogP contribution in [0.5, 0.6) is 5.75 Å². The van der Waals surface area contributed by atoms with E-state index < -0.39 is 0 Å². The maximum atomic E-state index is 12.0. The van der Waals surface area contributed by atoms with E-state index in [2.05, 4.69) is 4.98 Å². The molecule has 0 saturated heterocycles. The van der Waals surface area contributed by atoms with Crippen LogP contribution < -0.4 is 4.73 Å². The first kappa shape index (κ1) is 14.1. The molecule has 2 aromatic carbocycles. The third-order valence-corrected chi connectivity index (χ3v) is 3.64. The highest BCUT2D eigenvalue weighted by atomic mass is 16.5. The van der Waals surface area contributed by atoms with Gasteiger partial charge in [-0.1, -0.05) is 37.3 Å². The van der Waals surface area contributed by atoms with Crippen LogP contribution in [0.4, 0.5) is 0 Å². The van der Waals surface area contributed by atoms with Crippen molar-refractivity contribution < 1.29 is 9.84 Å². The topological polar surface area (TPSA) is 60.1 Å². The van der Waals surface area contributed by atoms with E-state index in [4.69, 9.17) is 0 Å². The molecule has 3 rings (SSSR count). The van der Waals surface area contributed by atoms with Crippen molar-refractivity contribution >= 4 is 0 Å². The van der Waals surface area contributed by atoms with E-state index in [9.17, 15) is 10.3 Å². The maximum absolute atomic E-state index is 12.0. The Hall–Kier alpha value is -2.88. The highest BCUT2D eigenvalue weighted by Crippen LogP contribution is 2.26. The van der Waals surface area contributed by atoms with Crippen molar-refractivity contribution in [2.45, 2.75) is 13.3 Å². The fourth-order valence-corrected chi connectivity index (χ4v) is 2.41. The minimum Gasteiger partial charge on any atom is -0.710 e. The normalized spacial score (nSPS) is 10.6. The SMILES string of the molecule is CCc1cc(-c2cc(-c3ccccc3)[n+]([O-])cn2)ccc1O. The fourth-order valence-electron chi connectivity index (χ4n) is 2.41. The van der Waals surface area contributed by atoms with E-state index >= 15 is 0 Å². The molecule has 0 bridgehead atoms. The van der Waals surface area contributed by atoms with Crippen molar-refractivity contribution in [3.63, 3.8) is 0 Å². The van der Waals surface area contributed by atoms with Gasteiger partial charge in [-0.2, -0.15) is 0 Å². The number of aromatic nitrogens is 2. The third kappa shape index (κ3) is 2.63. The van der Waals surface area contributed by atoms with E-state index in [-0.39, 0.29) is 5.75 Å². The van der Waals surface area contributed by atoms with Gasteiger partial charge in [0.15, 0.2) is 5.69 Å². The summed E-state index contributed by atoms with van der Waals surface area (Å²) in [6, 6.07) is 16.6. The van der Waals surface area contributed by atoms with Crippen molar-refractivity contribution in [1.82, 2.24) is 4.98 Å². The smallest absolute Gasteiger partial charge is 0.290 e. The molecule has 0 aliphatic rings. The van der Waals surface area contributed by atoms with Crippen molar-refractivity contribution in [2.24, 2.45) is 0 Å². The lowest BCUT2D eigenvalue weighted by atomic mass is 10.0. The van der Waals surface area contributed by atoms with Crippen LogP contribution in [-0.2, 0) is 6.42 Å². The minimum absolute atomic E-state index is 0.282. The standard InChI is InChI=1S/C18H16N2O2/c1-2-13-10-15(8-9-18(13)21)16-11-17(20(22)12-19-16)14-6-4-3-5-7-14/h3-12,21H,2H2,1H3. The summed E-state index contributed by atoms with van der Waals surface area (Å²) in [5.74, 6) is 0.282. The molecule has 0 aliphatic carbocycles. The molecule has 0 aliphatic heterocycles. The average molecular weight is 292 g/mol. The summed E-state index contributed by atoms with van der Waals surface area (Å²) in [7, 11) is 0. The van der Waals surface area contributed by atoms with Gasteiger partial charge in [0.1, 0.15) is 11.4 Å². The van der Waals surface area contributed by atoms with Gasteiger partial charge in [-0.25, -0.2) is 4.73 Å². The van der Waals surface area contributed by atoms with Gasteiger partial charge in [0, 0.05) is 17.2 Å².